The number of aryl methyl sites for hydroxylation is 1. The first kappa shape index (κ1) is 30.7. The molecule has 0 spiro atoms. The Kier molecular flexibility index (Phi) is 9.10. The highest BCUT2D eigenvalue weighted by Gasteiger charge is 2.30. The number of nitrogens with zero attached hydrogens (tertiary/aromatic N) is 2. The number of fused-ring (bicyclic) bond motifs is 2. The molecule has 2 N–H and O–H groups in total. The van der Waals surface area contributed by atoms with E-state index >= 15 is 0 Å². The van der Waals surface area contributed by atoms with Crippen LogP contribution in [0.15, 0.2) is 107 Å². The van der Waals surface area contributed by atoms with Crippen LogP contribution >= 0.6 is 0 Å². The van der Waals surface area contributed by atoms with Crippen LogP contribution in [0.4, 0.5) is 5.69 Å². The second kappa shape index (κ2) is 13.3. The van der Waals surface area contributed by atoms with Crippen LogP contribution < -0.4 is 14.2 Å². The van der Waals surface area contributed by atoms with E-state index in [9.17, 15) is 17.2 Å². The Labute approximate surface area is 263 Å². The summed E-state index contributed by atoms with van der Waals surface area (Å²) in [4.78, 5) is 1.95. The Bertz CT molecular complexity index is 1980. The lowest BCUT2D eigenvalue weighted by molar-refractivity contribution is -0.677. The maximum atomic E-state index is 11.5. The van der Waals surface area contributed by atoms with Gasteiger partial charge in [-0.15, -0.1) is 0 Å². The number of oxazole rings is 1. The summed E-state index contributed by atoms with van der Waals surface area (Å²) in [5.41, 5.74) is 6.19. The molecule has 45 heavy (non-hydrogen) atoms. The smallest absolute Gasteiger partial charge is 0.379 e. The molecule has 4 aromatic carbocycles. The summed E-state index contributed by atoms with van der Waals surface area (Å²) in [6, 6.07) is 31.6. The van der Waals surface area contributed by atoms with Gasteiger partial charge < -0.3 is 14.1 Å². The van der Waals surface area contributed by atoms with E-state index in [-0.39, 0.29) is 19.6 Å². The van der Waals surface area contributed by atoms with Crippen molar-refractivity contribution in [1.82, 2.24) is 0 Å². The maximum Gasteiger partial charge on any atom is 0.379 e. The van der Waals surface area contributed by atoms with E-state index in [1.165, 1.54) is 0 Å². The lowest BCUT2D eigenvalue weighted by Gasteiger charge is -2.18. The van der Waals surface area contributed by atoms with E-state index in [4.69, 9.17) is 17.9 Å². The quantitative estimate of drug-likeness (QED) is 0.0717. The maximum absolute atomic E-state index is 11.5. The summed E-state index contributed by atoms with van der Waals surface area (Å²) < 4.78 is 71.9. The molecule has 0 saturated carbocycles. The molecule has 0 radical (unpaired) electrons. The minimum Gasteiger partial charge on any atom is -0.438 e. The van der Waals surface area contributed by atoms with Gasteiger partial charge in [0.25, 0.3) is 15.6 Å². The Morgan fingerprint density at radius 3 is 2.20 bits per heavy atom. The number of benzene rings is 4. The zero-order valence-electron chi connectivity index (χ0n) is 24.1. The first-order valence-corrected chi connectivity index (χ1v) is 17.0. The highest BCUT2D eigenvalue weighted by Crippen LogP contribution is 2.42. The largest absolute Gasteiger partial charge is 0.438 e. The molecule has 12 heteroatoms. The molecule has 2 heterocycles. The van der Waals surface area contributed by atoms with E-state index < -0.39 is 27.2 Å². The van der Waals surface area contributed by atoms with Gasteiger partial charge in [0.2, 0.25) is 11.5 Å². The fourth-order valence-corrected chi connectivity index (χ4v) is 6.12. The molecule has 1 atom stereocenters. The SMILES string of the molecule is O=S(O)OCCCN1C(=Cc2oc3ccc(-c4ccccc4)cc3[n+]2CCCS(=O)(=O)O)Oc2ccc(-c3ccccc3)cc21. The van der Waals surface area contributed by atoms with Gasteiger partial charge in [0, 0.05) is 19.0 Å². The molecule has 6 rings (SSSR count). The Morgan fingerprint density at radius 2 is 1.53 bits per heavy atom. The van der Waals surface area contributed by atoms with Crippen molar-refractivity contribution in [3.05, 3.63) is 109 Å². The highest BCUT2D eigenvalue weighted by molar-refractivity contribution is 7.85. The fourth-order valence-electron chi connectivity index (χ4n) is 5.36. The van der Waals surface area contributed by atoms with Crippen LogP contribution in [0.5, 0.6) is 5.75 Å². The zero-order valence-corrected chi connectivity index (χ0v) is 25.7. The van der Waals surface area contributed by atoms with Crippen LogP contribution in [-0.4, -0.2) is 40.6 Å². The predicted octanol–water partition coefficient (Wildman–Crippen LogP) is 6.07. The second-order valence-electron chi connectivity index (χ2n) is 10.5. The summed E-state index contributed by atoms with van der Waals surface area (Å²) >= 11 is -2.36. The van der Waals surface area contributed by atoms with Gasteiger partial charge in [0.05, 0.1) is 18.0 Å². The van der Waals surface area contributed by atoms with Gasteiger partial charge in [0.15, 0.2) is 12.3 Å². The fraction of sp³-hybridized carbons (Fsp3) is 0.182. The normalized spacial score (nSPS) is 14.5. The van der Waals surface area contributed by atoms with Crippen LogP contribution in [0.1, 0.15) is 18.7 Å². The number of aromatic nitrogens is 1. The van der Waals surface area contributed by atoms with Gasteiger partial charge in [-0.05, 0) is 46.9 Å². The molecule has 0 aliphatic carbocycles. The Balaban J connectivity index is 1.40. The molecule has 10 nitrogen and oxygen atoms in total. The molecule has 1 aromatic heterocycles. The first-order chi connectivity index (χ1) is 21.7. The highest BCUT2D eigenvalue weighted by atomic mass is 32.2. The minimum absolute atomic E-state index is 0.0587. The van der Waals surface area contributed by atoms with Crippen molar-refractivity contribution in [3.63, 3.8) is 0 Å². The monoisotopic (exact) mass is 647 g/mol. The third kappa shape index (κ3) is 7.32. The van der Waals surface area contributed by atoms with Crippen molar-refractivity contribution < 1.29 is 39.6 Å². The molecular weight excluding hydrogens is 617 g/mol. The van der Waals surface area contributed by atoms with Gasteiger partial charge in [-0.25, -0.2) is 0 Å². The van der Waals surface area contributed by atoms with E-state index in [2.05, 4.69) is 0 Å². The zero-order chi connectivity index (χ0) is 31.4. The number of rotatable bonds is 12. The topological polar surface area (TPSA) is 130 Å². The molecule has 0 bridgehead atoms. The number of hydrogen-bond donors (Lipinski definition) is 2. The van der Waals surface area contributed by atoms with Crippen LogP contribution in [0, 0.1) is 0 Å². The molecule has 1 unspecified atom stereocenters. The van der Waals surface area contributed by atoms with Crippen LogP contribution in [0.2, 0.25) is 0 Å². The van der Waals surface area contributed by atoms with Crippen molar-refractivity contribution in [2.75, 3.05) is 23.8 Å². The van der Waals surface area contributed by atoms with Crippen molar-refractivity contribution in [1.29, 1.82) is 0 Å². The van der Waals surface area contributed by atoms with Crippen molar-refractivity contribution in [2.24, 2.45) is 0 Å². The molecule has 0 saturated heterocycles. The van der Waals surface area contributed by atoms with Gasteiger partial charge in [-0.1, -0.05) is 72.8 Å². The van der Waals surface area contributed by atoms with E-state index in [0.717, 1.165) is 33.5 Å². The molecule has 0 amide bonds. The predicted molar refractivity (Wildman–Crippen MR) is 172 cm³/mol. The van der Waals surface area contributed by atoms with Crippen LogP contribution in [0.25, 0.3) is 39.4 Å². The van der Waals surface area contributed by atoms with E-state index in [1.807, 2.05) is 107 Å². The van der Waals surface area contributed by atoms with Gasteiger partial charge in [-0.2, -0.15) is 17.2 Å². The van der Waals surface area contributed by atoms with Crippen molar-refractivity contribution in [2.45, 2.75) is 19.4 Å². The second-order valence-corrected chi connectivity index (χ2v) is 12.7. The van der Waals surface area contributed by atoms with E-state index in [0.29, 0.717) is 36.1 Å². The molecule has 1 aliphatic heterocycles. The Morgan fingerprint density at radius 1 is 0.867 bits per heavy atom. The summed E-state index contributed by atoms with van der Waals surface area (Å²) in [5, 5.41) is 0. The average Bonchev–Trinajstić information content (AvgIpc) is 3.55. The standard InChI is InChI=1S/C33H30N2O8S2/c36-44(37)41-19-7-17-34-28-21-26(24-9-3-1-4-10-24)13-15-30(28)42-32(34)23-33-35(18-8-20-45(38,39)40)29-22-27(14-16-31(29)43-33)25-11-5-2-6-12-25/h1-6,9-16,21-23H,7-8,17-20H2,(H-,36,37,38,39,40)/p+1. The lowest BCUT2D eigenvalue weighted by atomic mass is 10.0. The number of anilines is 1. The molecule has 0 fully saturated rings. The number of ether oxygens (including phenoxy) is 1. The summed E-state index contributed by atoms with van der Waals surface area (Å²) in [5.74, 6) is 1.12. The third-order valence-corrected chi connectivity index (χ3v) is 8.59. The third-order valence-electron chi connectivity index (χ3n) is 7.42. The summed E-state index contributed by atoms with van der Waals surface area (Å²) in [6.45, 7) is 0.726. The molecule has 1 aliphatic rings. The van der Waals surface area contributed by atoms with Gasteiger partial charge in [-0.3, -0.25) is 13.3 Å². The minimum atomic E-state index is -4.15. The van der Waals surface area contributed by atoms with Crippen molar-refractivity contribution >= 4 is 44.3 Å². The van der Waals surface area contributed by atoms with E-state index in [1.54, 1.807) is 6.08 Å². The average molecular weight is 648 g/mol. The molecular formula is C33H31N2O8S2+. The van der Waals surface area contributed by atoms with Gasteiger partial charge >= 0.3 is 17.3 Å². The first-order valence-electron chi connectivity index (χ1n) is 14.3. The summed E-state index contributed by atoms with van der Waals surface area (Å²) in [6.07, 6.45) is 2.34. The molecule has 5 aromatic rings. The lowest BCUT2D eigenvalue weighted by Crippen LogP contribution is -2.36. The molecule has 232 valence electrons. The summed E-state index contributed by atoms with van der Waals surface area (Å²) in [7, 11) is -4.15. The van der Waals surface area contributed by atoms with Gasteiger partial charge in [0.1, 0.15) is 6.08 Å². The number of hydrogen-bond acceptors (Lipinski definition) is 7. The Hall–Kier alpha value is -4.33. The van der Waals surface area contributed by atoms with Crippen LogP contribution in [0.3, 0.4) is 0 Å². The van der Waals surface area contributed by atoms with Crippen molar-refractivity contribution in [3.8, 4) is 28.0 Å². The van der Waals surface area contributed by atoms with Crippen LogP contribution in [-0.2, 0) is 32.2 Å².